The minimum Gasteiger partial charge on any atom is -0.423 e. The molecular formula is C19H12N2O6. The average Bonchev–Trinajstić information content (AvgIpc) is 2.68. The molecule has 8 heteroatoms. The molecule has 0 aromatic heterocycles. The summed E-state index contributed by atoms with van der Waals surface area (Å²) in [6.07, 6.45) is 0. The Morgan fingerprint density at radius 1 is 0.778 bits per heavy atom. The quantitative estimate of drug-likeness (QED) is 0.287. The third-order valence-electron chi connectivity index (χ3n) is 3.78. The molecule has 8 nitrogen and oxygen atoms in total. The lowest BCUT2D eigenvalue weighted by Crippen LogP contribution is -2.11. The Labute approximate surface area is 152 Å². The Morgan fingerprint density at radius 2 is 1.41 bits per heavy atom. The minimum absolute atomic E-state index is 0.201. The second-order valence-electron chi connectivity index (χ2n) is 5.50. The normalized spacial score (nSPS) is 10.2. The third-order valence-corrected chi connectivity index (χ3v) is 3.78. The number of benzene rings is 3. The van der Waals surface area contributed by atoms with E-state index in [4.69, 9.17) is 4.74 Å². The molecule has 0 aliphatic carbocycles. The summed E-state index contributed by atoms with van der Waals surface area (Å²) in [5.74, 6) is -0.767. The molecule has 0 saturated heterocycles. The molecule has 3 aromatic carbocycles. The highest BCUT2D eigenvalue weighted by molar-refractivity contribution is 5.95. The molecule has 0 unspecified atom stereocenters. The van der Waals surface area contributed by atoms with E-state index in [0.29, 0.717) is 0 Å². The number of non-ortho nitro benzene ring substituents is 1. The first kappa shape index (κ1) is 17.7. The number of hydrogen-bond donors (Lipinski definition) is 0. The molecular weight excluding hydrogens is 352 g/mol. The Bertz CT molecular complexity index is 1020. The van der Waals surface area contributed by atoms with E-state index in [1.807, 2.05) is 30.3 Å². The molecule has 0 amide bonds. The predicted octanol–water partition coefficient (Wildman–Crippen LogP) is 4.39. The van der Waals surface area contributed by atoms with Crippen LogP contribution >= 0.6 is 0 Å². The smallest absolute Gasteiger partial charge is 0.350 e. The van der Waals surface area contributed by atoms with Gasteiger partial charge >= 0.3 is 5.97 Å². The van der Waals surface area contributed by atoms with Crippen molar-refractivity contribution >= 4 is 17.3 Å². The molecule has 0 spiro atoms. The van der Waals surface area contributed by atoms with Gasteiger partial charge < -0.3 is 4.74 Å². The van der Waals surface area contributed by atoms with Gasteiger partial charge in [0.2, 0.25) is 0 Å². The SMILES string of the molecule is O=C(Oc1ccc(-c2ccccc2)cc1)c1ccc([N+](=O)[O-])cc1[N+](=O)[O-]. The van der Waals surface area contributed by atoms with Crippen LogP contribution < -0.4 is 4.74 Å². The fourth-order valence-electron chi connectivity index (χ4n) is 2.47. The first-order valence-corrected chi connectivity index (χ1v) is 7.76. The zero-order valence-electron chi connectivity index (χ0n) is 13.8. The summed E-state index contributed by atoms with van der Waals surface area (Å²) in [5.41, 5.74) is 0.372. The van der Waals surface area contributed by atoms with E-state index in [1.54, 1.807) is 24.3 Å². The van der Waals surface area contributed by atoms with Crippen LogP contribution in [0.5, 0.6) is 5.75 Å². The van der Waals surface area contributed by atoms with Crippen LogP contribution in [0, 0.1) is 20.2 Å². The summed E-state index contributed by atoms with van der Waals surface area (Å²) < 4.78 is 5.17. The highest BCUT2D eigenvalue weighted by Gasteiger charge is 2.25. The zero-order chi connectivity index (χ0) is 19.4. The number of ether oxygens (including phenoxy) is 1. The number of carbonyl (C=O) groups excluding carboxylic acids is 1. The molecule has 0 N–H and O–H groups in total. The maximum absolute atomic E-state index is 12.3. The van der Waals surface area contributed by atoms with E-state index in [0.717, 1.165) is 29.3 Å². The van der Waals surface area contributed by atoms with Gasteiger partial charge in [-0.3, -0.25) is 20.2 Å². The summed E-state index contributed by atoms with van der Waals surface area (Å²) in [7, 11) is 0. The lowest BCUT2D eigenvalue weighted by Gasteiger charge is -2.06. The second-order valence-corrected chi connectivity index (χ2v) is 5.50. The van der Waals surface area contributed by atoms with Gasteiger partial charge in [0.05, 0.1) is 15.9 Å². The molecule has 134 valence electrons. The lowest BCUT2D eigenvalue weighted by atomic mass is 10.1. The molecule has 0 heterocycles. The summed E-state index contributed by atoms with van der Waals surface area (Å²) >= 11 is 0. The molecule has 0 atom stereocenters. The van der Waals surface area contributed by atoms with Crippen molar-refractivity contribution in [2.24, 2.45) is 0 Å². The molecule has 3 rings (SSSR count). The van der Waals surface area contributed by atoms with E-state index in [9.17, 15) is 25.0 Å². The van der Waals surface area contributed by atoms with Crippen LogP contribution in [0.25, 0.3) is 11.1 Å². The second kappa shape index (κ2) is 7.44. The fourth-order valence-corrected chi connectivity index (χ4v) is 2.47. The number of carbonyl (C=O) groups is 1. The Morgan fingerprint density at radius 3 is 2.00 bits per heavy atom. The van der Waals surface area contributed by atoms with Gasteiger partial charge in [-0.05, 0) is 29.3 Å². The molecule has 0 fully saturated rings. The number of nitro groups is 2. The van der Waals surface area contributed by atoms with E-state index in [1.165, 1.54) is 0 Å². The van der Waals surface area contributed by atoms with Crippen molar-refractivity contribution < 1.29 is 19.4 Å². The third kappa shape index (κ3) is 3.96. The topological polar surface area (TPSA) is 113 Å². The standard InChI is InChI=1S/C19H12N2O6/c22-19(17-11-8-15(20(23)24)12-18(17)21(25)26)27-16-9-6-14(7-10-16)13-4-2-1-3-5-13/h1-12H. The minimum atomic E-state index is -0.968. The van der Waals surface area contributed by atoms with Crippen molar-refractivity contribution in [2.75, 3.05) is 0 Å². The van der Waals surface area contributed by atoms with Crippen molar-refractivity contribution in [2.45, 2.75) is 0 Å². The Kier molecular flexibility index (Phi) is 4.89. The van der Waals surface area contributed by atoms with Gasteiger partial charge in [-0.2, -0.15) is 0 Å². The van der Waals surface area contributed by atoms with Gasteiger partial charge in [-0.15, -0.1) is 0 Å². The molecule has 0 saturated carbocycles. The summed E-state index contributed by atoms with van der Waals surface area (Å²) in [6, 6.07) is 19.0. The maximum atomic E-state index is 12.3. The van der Waals surface area contributed by atoms with Crippen LogP contribution in [0.2, 0.25) is 0 Å². The van der Waals surface area contributed by atoms with E-state index < -0.39 is 27.2 Å². The van der Waals surface area contributed by atoms with Gasteiger partial charge in [-0.25, -0.2) is 4.79 Å². The van der Waals surface area contributed by atoms with Crippen LogP contribution in [0.1, 0.15) is 10.4 Å². The highest BCUT2D eigenvalue weighted by Crippen LogP contribution is 2.27. The number of hydrogen-bond acceptors (Lipinski definition) is 6. The Balaban J connectivity index is 1.83. The molecule has 0 radical (unpaired) electrons. The van der Waals surface area contributed by atoms with Crippen molar-refractivity contribution in [3.63, 3.8) is 0 Å². The Hall–Kier alpha value is -4.07. The van der Waals surface area contributed by atoms with E-state index in [-0.39, 0.29) is 11.3 Å². The van der Waals surface area contributed by atoms with Crippen LogP contribution in [0.4, 0.5) is 11.4 Å². The van der Waals surface area contributed by atoms with Crippen LogP contribution in [-0.2, 0) is 0 Å². The fraction of sp³-hybridized carbons (Fsp3) is 0. The van der Waals surface area contributed by atoms with Gasteiger partial charge in [0.15, 0.2) is 0 Å². The first-order valence-electron chi connectivity index (χ1n) is 7.76. The first-order chi connectivity index (χ1) is 13.0. The van der Waals surface area contributed by atoms with Gasteiger partial charge in [0.25, 0.3) is 11.4 Å². The van der Waals surface area contributed by atoms with Crippen LogP contribution in [-0.4, -0.2) is 15.8 Å². The summed E-state index contributed by atoms with van der Waals surface area (Å²) in [5, 5.41) is 21.9. The van der Waals surface area contributed by atoms with Gasteiger partial charge in [0, 0.05) is 6.07 Å². The van der Waals surface area contributed by atoms with E-state index in [2.05, 4.69) is 0 Å². The highest BCUT2D eigenvalue weighted by atomic mass is 16.6. The monoisotopic (exact) mass is 364 g/mol. The number of rotatable bonds is 5. The van der Waals surface area contributed by atoms with E-state index >= 15 is 0 Å². The number of esters is 1. The van der Waals surface area contributed by atoms with Crippen LogP contribution in [0.15, 0.2) is 72.8 Å². The van der Waals surface area contributed by atoms with Gasteiger partial charge in [0.1, 0.15) is 11.3 Å². The van der Waals surface area contributed by atoms with Crippen molar-refractivity contribution in [3.8, 4) is 16.9 Å². The van der Waals surface area contributed by atoms with Crippen molar-refractivity contribution in [1.29, 1.82) is 0 Å². The molecule has 27 heavy (non-hydrogen) atoms. The van der Waals surface area contributed by atoms with Crippen molar-refractivity contribution in [3.05, 3.63) is 98.6 Å². The summed E-state index contributed by atoms with van der Waals surface area (Å²) in [4.78, 5) is 32.5. The zero-order valence-corrected chi connectivity index (χ0v) is 13.8. The van der Waals surface area contributed by atoms with Crippen LogP contribution in [0.3, 0.4) is 0 Å². The molecule has 0 bridgehead atoms. The average molecular weight is 364 g/mol. The molecule has 0 aliphatic heterocycles. The number of nitro benzene ring substituents is 2. The largest absolute Gasteiger partial charge is 0.423 e. The predicted molar refractivity (Wildman–Crippen MR) is 96.6 cm³/mol. The lowest BCUT2D eigenvalue weighted by molar-refractivity contribution is -0.394. The van der Waals surface area contributed by atoms with Crippen molar-refractivity contribution in [1.82, 2.24) is 0 Å². The van der Waals surface area contributed by atoms with Gasteiger partial charge in [-0.1, -0.05) is 42.5 Å². The number of nitrogens with zero attached hydrogens (tertiary/aromatic N) is 2. The molecule has 0 aliphatic rings. The maximum Gasteiger partial charge on any atom is 0.350 e. The molecule has 3 aromatic rings. The summed E-state index contributed by atoms with van der Waals surface area (Å²) in [6.45, 7) is 0.